The number of carbonyl (C=O) groups excluding carboxylic acids is 1. The Balaban J connectivity index is 1.73. The Hall–Kier alpha value is -3.19. The molecule has 8 nitrogen and oxygen atoms in total. The van der Waals surface area contributed by atoms with E-state index in [1.807, 2.05) is 6.07 Å². The summed E-state index contributed by atoms with van der Waals surface area (Å²) in [5.41, 5.74) is -0.214. The number of halogens is 2. The second-order valence-electron chi connectivity index (χ2n) is 6.67. The van der Waals surface area contributed by atoms with E-state index in [1.165, 1.54) is 13.0 Å². The van der Waals surface area contributed by atoms with Crippen LogP contribution in [0.25, 0.3) is 10.9 Å². The molecule has 3 N–H and O–H groups in total. The number of nitrogens with one attached hydrogen (secondary N) is 3. The van der Waals surface area contributed by atoms with E-state index < -0.39 is 35.2 Å². The molecule has 1 aromatic heterocycles. The molecular weight excluding hydrogens is 372 g/mol. The van der Waals surface area contributed by atoms with Crippen LogP contribution < -0.4 is 16.2 Å². The van der Waals surface area contributed by atoms with Gasteiger partial charge in [-0.3, -0.25) is 14.9 Å². The van der Waals surface area contributed by atoms with Gasteiger partial charge in [-0.15, -0.1) is 0 Å². The molecule has 0 radical (unpaired) electrons. The molecule has 1 fully saturated rings. The van der Waals surface area contributed by atoms with E-state index in [0.717, 1.165) is 6.07 Å². The van der Waals surface area contributed by atoms with Crippen LogP contribution in [0.15, 0.2) is 16.9 Å². The normalized spacial score (nSPS) is 19.4. The number of hydrogen-bond donors (Lipinski definition) is 3. The summed E-state index contributed by atoms with van der Waals surface area (Å²) in [5.74, 6) is -3.10. The predicted octanol–water partition coefficient (Wildman–Crippen LogP) is 0.621. The van der Waals surface area contributed by atoms with Crippen molar-refractivity contribution in [1.29, 1.82) is 5.26 Å². The molecular formula is C18H18F2N5O3+. The van der Waals surface area contributed by atoms with Crippen molar-refractivity contribution in [1.82, 2.24) is 15.6 Å². The van der Waals surface area contributed by atoms with Gasteiger partial charge in [0, 0.05) is 27.2 Å². The molecule has 1 aliphatic heterocycles. The largest absolute Gasteiger partial charge is 0.347 e. The van der Waals surface area contributed by atoms with Crippen LogP contribution >= 0.6 is 0 Å². The molecule has 28 heavy (non-hydrogen) atoms. The first kappa shape index (κ1) is 19.6. The van der Waals surface area contributed by atoms with Gasteiger partial charge in [0.15, 0.2) is 11.6 Å². The SMILES string of the molecule is Cc1c(CC(=O)NCC2NCC(C#N)C[N+]2=O)c(=O)[nH]c2ccc(F)c(F)c12. The van der Waals surface area contributed by atoms with Gasteiger partial charge in [-0.1, -0.05) is 0 Å². The van der Waals surface area contributed by atoms with E-state index in [9.17, 15) is 23.3 Å². The average molecular weight is 390 g/mol. The van der Waals surface area contributed by atoms with E-state index in [4.69, 9.17) is 5.26 Å². The number of aryl methyl sites for hydroxylation is 1. The monoisotopic (exact) mass is 390 g/mol. The number of fused-ring (bicyclic) bond motifs is 1. The zero-order valence-electron chi connectivity index (χ0n) is 15.0. The molecule has 146 valence electrons. The van der Waals surface area contributed by atoms with Crippen molar-refractivity contribution in [3.63, 3.8) is 0 Å². The Bertz CT molecular complexity index is 1060. The Labute approximate surface area is 158 Å². The smallest absolute Gasteiger partial charge is 0.272 e. The first-order valence-electron chi connectivity index (χ1n) is 8.64. The van der Waals surface area contributed by atoms with Crippen LogP contribution in [-0.4, -0.2) is 41.5 Å². The third kappa shape index (κ3) is 3.75. The number of pyridine rings is 1. The highest BCUT2D eigenvalue weighted by atomic mass is 19.2. The molecule has 0 spiro atoms. The van der Waals surface area contributed by atoms with Crippen LogP contribution in [0.3, 0.4) is 0 Å². The van der Waals surface area contributed by atoms with Crippen molar-refractivity contribution < 1.29 is 18.3 Å². The van der Waals surface area contributed by atoms with Crippen LogP contribution in [-0.2, 0) is 11.2 Å². The number of aromatic amines is 1. The number of carbonyl (C=O) groups is 1. The second kappa shape index (κ2) is 7.82. The number of nitrogens with zero attached hydrogens (tertiary/aromatic N) is 2. The summed E-state index contributed by atoms with van der Waals surface area (Å²) in [4.78, 5) is 38.8. The van der Waals surface area contributed by atoms with Crippen LogP contribution in [0, 0.1) is 40.7 Å². The minimum atomic E-state index is -1.09. The van der Waals surface area contributed by atoms with Crippen molar-refractivity contribution in [2.45, 2.75) is 19.5 Å². The molecule has 2 unspecified atom stereocenters. The number of benzene rings is 1. The first-order chi connectivity index (χ1) is 13.3. The van der Waals surface area contributed by atoms with Gasteiger partial charge in [0.05, 0.1) is 24.6 Å². The highest BCUT2D eigenvalue weighted by molar-refractivity contribution is 5.86. The number of rotatable bonds is 4. The first-order valence-corrected chi connectivity index (χ1v) is 8.64. The van der Waals surface area contributed by atoms with Gasteiger partial charge in [-0.25, -0.2) is 8.78 Å². The van der Waals surface area contributed by atoms with E-state index >= 15 is 0 Å². The van der Waals surface area contributed by atoms with Crippen molar-refractivity contribution in [2.24, 2.45) is 5.92 Å². The van der Waals surface area contributed by atoms with E-state index in [-0.39, 0.29) is 41.5 Å². The van der Waals surface area contributed by atoms with E-state index in [2.05, 4.69) is 15.6 Å². The molecule has 10 heteroatoms. The summed E-state index contributed by atoms with van der Waals surface area (Å²) >= 11 is 0. The summed E-state index contributed by atoms with van der Waals surface area (Å²) in [7, 11) is 0. The fourth-order valence-corrected chi connectivity index (χ4v) is 3.24. The molecule has 0 aliphatic carbocycles. The van der Waals surface area contributed by atoms with Gasteiger partial charge in [-0.05, 0) is 24.6 Å². The summed E-state index contributed by atoms with van der Waals surface area (Å²) in [6.07, 6.45) is -1.03. The third-order valence-corrected chi connectivity index (χ3v) is 4.81. The minimum absolute atomic E-state index is 0.0198. The van der Waals surface area contributed by atoms with Crippen LogP contribution in [0.5, 0.6) is 0 Å². The molecule has 1 aliphatic rings. The van der Waals surface area contributed by atoms with Gasteiger partial charge in [0.25, 0.3) is 11.7 Å². The number of aromatic nitrogens is 1. The topological polar surface area (TPSA) is 118 Å². The Morgan fingerprint density at radius 2 is 2.18 bits per heavy atom. The summed E-state index contributed by atoms with van der Waals surface area (Å²) in [6.45, 7) is 1.81. The van der Waals surface area contributed by atoms with Crippen LogP contribution in [0.2, 0.25) is 0 Å². The molecule has 2 aromatic rings. The molecule has 3 rings (SSSR count). The molecule has 2 heterocycles. The van der Waals surface area contributed by atoms with E-state index in [1.54, 1.807) is 0 Å². The number of nitroso groups, excluding NO2 is 1. The molecule has 0 saturated carbocycles. The fraction of sp³-hybridized carbons (Fsp3) is 0.389. The molecule has 1 saturated heterocycles. The molecule has 0 bridgehead atoms. The Morgan fingerprint density at radius 3 is 2.86 bits per heavy atom. The fourth-order valence-electron chi connectivity index (χ4n) is 3.24. The molecule has 1 amide bonds. The molecule has 1 aromatic carbocycles. The quantitative estimate of drug-likeness (QED) is 0.662. The van der Waals surface area contributed by atoms with Crippen molar-refractivity contribution in [3.8, 4) is 6.07 Å². The Kier molecular flexibility index (Phi) is 5.46. The number of nitriles is 1. The van der Waals surface area contributed by atoms with Gasteiger partial charge < -0.3 is 10.3 Å². The summed E-state index contributed by atoms with van der Waals surface area (Å²) in [5, 5.41) is 14.2. The lowest BCUT2D eigenvalue weighted by Gasteiger charge is -2.19. The zero-order valence-corrected chi connectivity index (χ0v) is 15.0. The number of amides is 1. The van der Waals surface area contributed by atoms with Gasteiger partial charge in [-0.2, -0.15) is 5.26 Å². The van der Waals surface area contributed by atoms with Crippen molar-refractivity contribution >= 4 is 16.8 Å². The van der Waals surface area contributed by atoms with Crippen LogP contribution in [0.4, 0.5) is 8.78 Å². The predicted molar refractivity (Wildman–Crippen MR) is 95.3 cm³/mol. The second-order valence-corrected chi connectivity index (χ2v) is 6.67. The lowest BCUT2D eigenvalue weighted by Crippen LogP contribution is -2.54. The maximum absolute atomic E-state index is 14.1. The maximum atomic E-state index is 14.1. The average Bonchev–Trinajstić information content (AvgIpc) is 2.66. The third-order valence-electron chi connectivity index (χ3n) is 4.81. The lowest BCUT2D eigenvalue weighted by molar-refractivity contribution is -0.603. The van der Waals surface area contributed by atoms with E-state index in [0.29, 0.717) is 11.3 Å². The summed E-state index contributed by atoms with van der Waals surface area (Å²) < 4.78 is 28.4. The number of hydrogen-bond acceptors (Lipinski definition) is 5. The van der Waals surface area contributed by atoms with Crippen LogP contribution in [0.1, 0.15) is 11.1 Å². The molecule has 2 atom stereocenters. The standard InChI is InChI=1S/C18H17F2N5O3/c1-9-11(18(27)24-13-3-2-12(19)17(20)16(9)13)4-15(26)23-7-14-22-6-10(5-21)8-25(14)28/h2-3,10,14,22H,4,6-8H2,1H3,(H-,23,24,26,27)/p+1. The zero-order chi connectivity index (χ0) is 20.4. The highest BCUT2D eigenvalue weighted by Crippen LogP contribution is 2.23. The van der Waals surface area contributed by atoms with Crippen molar-refractivity contribution in [2.75, 3.05) is 19.6 Å². The van der Waals surface area contributed by atoms with Gasteiger partial charge >= 0.3 is 0 Å². The lowest BCUT2D eigenvalue weighted by atomic mass is 10.0. The minimum Gasteiger partial charge on any atom is -0.347 e. The number of H-pyrrole nitrogens is 1. The van der Waals surface area contributed by atoms with Gasteiger partial charge in [0.1, 0.15) is 5.92 Å². The van der Waals surface area contributed by atoms with Gasteiger partial charge in [0.2, 0.25) is 12.5 Å². The highest BCUT2D eigenvalue weighted by Gasteiger charge is 2.34. The van der Waals surface area contributed by atoms with Crippen molar-refractivity contribution in [3.05, 3.63) is 50.2 Å². The maximum Gasteiger partial charge on any atom is 0.272 e. The Morgan fingerprint density at radius 1 is 1.43 bits per heavy atom. The summed E-state index contributed by atoms with van der Waals surface area (Å²) in [6, 6.07) is 4.18.